The molecule has 7 nitrogen and oxygen atoms in total. The summed E-state index contributed by atoms with van der Waals surface area (Å²) in [7, 11) is 0. The Hall–Kier alpha value is -4.52. The molecule has 0 atom stereocenters. The summed E-state index contributed by atoms with van der Waals surface area (Å²) in [5.74, 6) is -0.176. The van der Waals surface area contributed by atoms with Crippen LogP contribution < -0.4 is 10.6 Å². The number of hydrogen-bond acceptors (Lipinski definition) is 6. The van der Waals surface area contributed by atoms with Crippen molar-refractivity contribution in [3.05, 3.63) is 102 Å². The highest BCUT2D eigenvalue weighted by Crippen LogP contribution is 2.19. The highest BCUT2D eigenvalue weighted by Gasteiger charge is 2.13. The average Bonchev–Trinajstić information content (AvgIpc) is 2.88. The van der Waals surface area contributed by atoms with E-state index in [1.807, 2.05) is 60.7 Å². The molecule has 0 spiro atoms. The van der Waals surface area contributed by atoms with Crippen molar-refractivity contribution in [2.24, 2.45) is 0 Å². The zero-order chi connectivity index (χ0) is 24.6. The molecule has 176 valence electrons. The number of nitrogens with one attached hydrogen (secondary N) is 3. The molecule has 0 aliphatic carbocycles. The minimum atomic E-state index is -0.419. The Morgan fingerprint density at radius 2 is 1.71 bits per heavy atom. The van der Waals surface area contributed by atoms with Gasteiger partial charge in [0.2, 0.25) is 0 Å². The van der Waals surface area contributed by atoms with Crippen LogP contribution in [0.2, 0.25) is 0 Å². The van der Waals surface area contributed by atoms with Gasteiger partial charge in [0.25, 0.3) is 5.91 Å². The zero-order valence-corrected chi connectivity index (χ0v) is 19.4. The number of rotatable bonds is 9. The van der Waals surface area contributed by atoms with Gasteiger partial charge in [-0.05, 0) is 47.5 Å². The Bertz CT molecular complexity index is 1370. The average molecular weight is 467 g/mol. The number of carbonyl (C=O) groups excluding carboxylic acids is 2. The van der Waals surface area contributed by atoms with Crippen LogP contribution in [-0.4, -0.2) is 29.2 Å². The van der Waals surface area contributed by atoms with Gasteiger partial charge in [-0.15, -0.1) is 0 Å². The molecular formula is C28H26N4O3. The third-order valence-corrected chi connectivity index (χ3v) is 5.44. The molecular weight excluding hydrogens is 440 g/mol. The van der Waals surface area contributed by atoms with Crippen LogP contribution in [0.3, 0.4) is 0 Å². The van der Waals surface area contributed by atoms with Gasteiger partial charge in [-0.25, -0.2) is 4.98 Å². The van der Waals surface area contributed by atoms with Crippen molar-refractivity contribution in [3.8, 4) is 0 Å². The van der Waals surface area contributed by atoms with E-state index in [9.17, 15) is 9.59 Å². The fourth-order valence-corrected chi connectivity index (χ4v) is 3.67. The topological polar surface area (TPSA) is 104 Å². The molecule has 0 radical (unpaired) electrons. The van der Waals surface area contributed by atoms with Crippen LogP contribution >= 0.6 is 0 Å². The largest absolute Gasteiger partial charge is 0.466 e. The van der Waals surface area contributed by atoms with E-state index in [1.54, 1.807) is 31.3 Å². The second-order valence-corrected chi connectivity index (χ2v) is 7.93. The smallest absolute Gasteiger partial charge is 0.311 e. The molecule has 7 heteroatoms. The molecule has 4 rings (SSSR count). The molecule has 4 aromatic rings. The van der Waals surface area contributed by atoms with Gasteiger partial charge >= 0.3 is 5.97 Å². The van der Waals surface area contributed by atoms with Crippen LogP contribution in [-0.2, 0) is 16.1 Å². The van der Waals surface area contributed by atoms with E-state index in [4.69, 9.17) is 10.1 Å². The summed E-state index contributed by atoms with van der Waals surface area (Å²) in [4.78, 5) is 28.8. The minimum Gasteiger partial charge on any atom is -0.466 e. The van der Waals surface area contributed by atoms with Crippen molar-refractivity contribution in [1.82, 2.24) is 4.98 Å². The first-order valence-corrected chi connectivity index (χ1v) is 11.3. The summed E-state index contributed by atoms with van der Waals surface area (Å²) in [5, 5.41) is 16.5. The van der Waals surface area contributed by atoms with Crippen molar-refractivity contribution in [3.63, 3.8) is 0 Å². The molecule has 1 aromatic heterocycles. The lowest BCUT2D eigenvalue weighted by atomic mass is 10.0. The summed E-state index contributed by atoms with van der Waals surface area (Å²) in [5.41, 5.74) is 3.05. The third kappa shape index (κ3) is 6.09. The van der Waals surface area contributed by atoms with Crippen molar-refractivity contribution in [2.45, 2.75) is 19.9 Å². The summed E-state index contributed by atoms with van der Waals surface area (Å²) >= 11 is 0. The monoisotopic (exact) mass is 466 g/mol. The molecule has 1 heterocycles. The summed E-state index contributed by atoms with van der Waals surface area (Å²) < 4.78 is 4.95. The first-order valence-electron chi connectivity index (χ1n) is 11.3. The molecule has 35 heavy (non-hydrogen) atoms. The van der Waals surface area contributed by atoms with Gasteiger partial charge < -0.3 is 20.8 Å². The Labute approximate surface area is 203 Å². The van der Waals surface area contributed by atoms with E-state index < -0.39 is 5.97 Å². The predicted octanol–water partition coefficient (Wildman–Crippen LogP) is 5.42. The van der Waals surface area contributed by atoms with E-state index in [2.05, 4.69) is 15.6 Å². The number of fused-ring (bicyclic) bond motifs is 1. The lowest BCUT2D eigenvalue weighted by Crippen LogP contribution is -2.14. The number of benzene rings is 3. The molecule has 1 amide bonds. The summed E-state index contributed by atoms with van der Waals surface area (Å²) in [6.45, 7) is 2.50. The fourth-order valence-electron chi connectivity index (χ4n) is 3.67. The van der Waals surface area contributed by atoms with Crippen LogP contribution in [0.15, 0.2) is 85.1 Å². The van der Waals surface area contributed by atoms with E-state index in [0.717, 1.165) is 22.0 Å². The van der Waals surface area contributed by atoms with E-state index in [0.29, 0.717) is 23.5 Å². The molecule has 0 saturated carbocycles. The molecule has 0 aliphatic heterocycles. The van der Waals surface area contributed by atoms with Crippen molar-refractivity contribution < 1.29 is 14.3 Å². The molecule has 3 N–H and O–H groups in total. The lowest BCUT2D eigenvalue weighted by molar-refractivity contribution is -0.141. The minimum absolute atomic E-state index is 0.0836. The number of pyridine rings is 1. The molecule has 0 unspecified atom stereocenters. The number of para-hydroxylation sites is 1. The molecule has 0 saturated heterocycles. The highest BCUT2D eigenvalue weighted by atomic mass is 16.5. The normalized spacial score (nSPS) is 10.5. The number of aromatic nitrogens is 1. The summed E-state index contributed by atoms with van der Waals surface area (Å²) in [6, 6.07) is 24.5. The zero-order valence-electron chi connectivity index (χ0n) is 19.4. The second-order valence-electron chi connectivity index (χ2n) is 7.93. The van der Waals surface area contributed by atoms with Gasteiger partial charge in [-0.3, -0.25) is 9.59 Å². The number of carbonyl (C=O) groups is 2. The molecule has 0 fully saturated rings. The van der Waals surface area contributed by atoms with Crippen LogP contribution in [0.1, 0.15) is 34.8 Å². The number of amides is 1. The van der Waals surface area contributed by atoms with Gasteiger partial charge in [0.15, 0.2) is 0 Å². The SMILES string of the molecule is CCOC(=O)CC(=N)c1ccccc1NCc1ccc(NC(=O)c2ccc3ccccc3c2)nc1. The first-order chi connectivity index (χ1) is 17.0. The number of hydrogen-bond donors (Lipinski definition) is 3. The maximum absolute atomic E-state index is 12.7. The van der Waals surface area contributed by atoms with Crippen molar-refractivity contribution in [1.29, 1.82) is 5.41 Å². The molecule has 0 bridgehead atoms. The van der Waals surface area contributed by atoms with Crippen LogP contribution in [0, 0.1) is 5.41 Å². The second kappa shape index (κ2) is 11.1. The van der Waals surface area contributed by atoms with E-state index in [-0.39, 0.29) is 24.6 Å². The van der Waals surface area contributed by atoms with Gasteiger partial charge in [-0.2, -0.15) is 0 Å². The van der Waals surface area contributed by atoms with Gasteiger partial charge in [0, 0.05) is 29.6 Å². The predicted molar refractivity (Wildman–Crippen MR) is 138 cm³/mol. The quantitative estimate of drug-likeness (QED) is 0.226. The molecule has 3 aromatic carbocycles. The molecule has 0 aliphatic rings. The van der Waals surface area contributed by atoms with Crippen LogP contribution in [0.25, 0.3) is 10.8 Å². The Kier molecular flexibility index (Phi) is 7.47. The Morgan fingerprint density at radius 3 is 2.49 bits per heavy atom. The fraction of sp³-hybridized carbons (Fsp3) is 0.143. The third-order valence-electron chi connectivity index (χ3n) is 5.44. The van der Waals surface area contributed by atoms with Gasteiger partial charge in [0.05, 0.1) is 18.7 Å². The first kappa shape index (κ1) is 23.6. The van der Waals surface area contributed by atoms with Crippen molar-refractivity contribution in [2.75, 3.05) is 17.2 Å². The van der Waals surface area contributed by atoms with Gasteiger partial charge in [-0.1, -0.05) is 54.6 Å². The Morgan fingerprint density at radius 1 is 0.943 bits per heavy atom. The standard InChI is InChI=1S/C28H26N4O3/c1-2-35-27(33)16-24(29)23-9-5-6-10-25(23)30-17-19-11-14-26(31-18-19)32-28(34)22-13-12-20-7-3-4-8-21(20)15-22/h3-15,18,29-30H,2,16-17H2,1H3,(H,31,32,34). The van der Waals surface area contributed by atoms with E-state index in [1.165, 1.54) is 0 Å². The van der Waals surface area contributed by atoms with E-state index >= 15 is 0 Å². The Balaban J connectivity index is 1.37. The summed E-state index contributed by atoms with van der Waals surface area (Å²) in [6.07, 6.45) is 1.61. The maximum Gasteiger partial charge on any atom is 0.311 e. The highest BCUT2D eigenvalue weighted by molar-refractivity contribution is 6.10. The van der Waals surface area contributed by atoms with Crippen LogP contribution in [0.4, 0.5) is 11.5 Å². The van der Waals surface area contributed by atoms with Crippen LogP contribution in [0.5, 0.6) is 0 Å². The number of esters is 1. The van der Waals surface area contributed by atoms with Gasteiger partial charge in [0.1, 0.15) is 5.82 Å². The number of nitrogens with zero attached hydrogens (tertiary/aromatic N) is 1. The lowest BCUT2D eigenvalue weighted by Gasteiger charge is -2.13. The maximum atomic E-state index is 12.7. The number of ether oxygens (including phenoxy) is 1. The number of anilines is 2. The van der Waals surface area contributed by atoms with Crippen molar-refractivity contribution >= 4 is 39.9 Å².